The molecule has 2 N–H and O–H groups in total. The van der Waals surface area contributed by atoms with Gasteiger partial charge in [-0.3, -0.25) is 4.79 Å². The summed E-state index contributed by atoms with van der Waals surface area (Å²) in [6, 6.07) is 9.96. The maximum atomic E-state index is 11.6. The van der Waals surface area contributed by atoms with Crippen molar-refractivity contribution < 1.29 is 14.6 Å². The predicted molar refractivity (Wildman–Crippen MR) is 124 cm³/mol. The van der Waals surface area contributed by atoms with Crippen molar-refractivity contribution in [1.29, 1.82) is 0 Å². The highest BCUT2D eigenvalue weighted by Gasteiger charge is 2.21. The molecule has 9 heteroatoms. The SMILES string of the molecule is CCCCC(Sc1nc2nc(-c3ccc(N4CCOCC4)cc3)c(Cl)cc2[nH]1)C(=O)O. The number of rotatable bonds is 8. The summed E-state index contributed by atoms with van der Waals surface area (Å²) in [4.78, 5) is 26.2. The van der Waals surface area contributed by atoms with Crippen molar-refractivity contribution in [2.24, 2.45) is 0 Å². The van der Waals surface area contributed by atoms with Crippen molar-refractivity contribution >= 4 is 46.2 Å². The number of aromatic amines is 1. The number of unbranched alkanes of at least 4 members (excludes halogenated alkanes) is 1. The fourth-order valence-electron chi connectivity index (χ4n) is 3.56. The molecule has 1 aliphatic rings. The van der Waals surface area contributed by atoms with Crippen LogP contribution in [-0.4, -0.2) is 57.6 Å². The number of carboxylic acids is 1. The molecule has 1 fully saturated rings. The Hall–Kier alpha value is -2.29. The standard InChI is InChI=1S/C22H25ClN4O3S/c1-2-3-4-18(21(28)29)31-22-24-17-13-16(23)19(25-20(17)26-22)14-5-7-15(8-6-14)27-9-11-30-12-10-27/h5-8,13,18H,2-4,9-12H2,1H3,(H,28,29)(H,24,25,26). The van der Waals surface area contributed by atoms with Crippen LogP contribution in [-0.2, 0) is 9.53 Å². The summed E-state index contributed by atoms with van der Waals surface area (Å²) < 4.78 is 5.42. The summed E-state index contributed by atoms with van der Waals surface area (Å²) in [6.07, 6.45) is 2.41. The minimum Gasteiger partial charge on any atom is -0.480 e. The highest BCUT2D eigenvalue weighted by atomic mass is 35.5. The van der Waals surface area contributed by atoms with Crippen molar-refractivity contribution in [1.82, 2.24) is 15.0 Å². The highest BCUT2D eigenvalue weighted by molar-refractivity contribution is 8.00. The molecule has 2 aromatic heterocycles. The van der Waals surface area contributed by atoms with Crippen LogP contribution < -0.4 is 4.90 Å². The molecule has 7 nitrogen and oxygen atoms in total. The molecule has 4 rings (SSSR count). The van der Waals surface area contributed by atoms with Crippen molar-refractivity contribution in [3.05, 3.63) is 35.4 Å². The van der Waals surface area contributed by atoms with E-state index in [1.165, 1.54) is 11.8 Å². The van der Waals surface area contributed by atoms with Crippen LogP contribution in [0.5, 0.6) is 0 Å². The van der Waals surface area contributed by atoms with Gasteiger partial charge in [-0.2, -0.15) is 0 Å². The van der Waals surface area contributed by atoms with E-state index >= 15 is 0 Å². The largest absolute Gasteiger partial charge is 0.480 e. The number of thioether (sulfide) groups is 1. The number of carbonyl (C=O) groups is 1. The van der Waals surface area contributed by atoms with Gasteiger partial charge in [-0.05, 0) is 24.6 Å². The monoisotopic (exact) mass is 460 g/mol. The van der Waals surface area contributed by atoms with Gasteiger partial charge in [0.2, 0.25) is 0 Å². The number of hydrogen-bond donors (Lipinski definition) is 2. The molecule has 164 valence electrons. The molecule has 0 bridgehead atoms. The summed E-state index contributed by atoms with van der Waals surface area (Å²) in [6.45, 7) is 5.30. The maximum Gasteiger partial charge on any atom is 0.317 e. The van der Waals surface area contributed by atoms with Crippen LogP contribution in [0.1, 0.15) is 26.2 Å². The molecule has 3 aromatic rings. The Morgan fingerprint density at radius 1 is 1.29 bits per heavy atom. The lowest BCUT2D eigenvalue weighted by atomic mass is 10.1. The molecule has 0 radical (unpaired) electrons. The Morgan fingerprint density at radius 2 is 2.03 bits per heavy atom. The van der Waals surface area contributed by atoms with Crippen molar-refractivity contribution in [3.63, 3.8) is 0 Å². The van der Waals surface area contributed by atoms with Crippen LogP contribution in [0.3, 0.4) is 0 Å². The third-order valence-electron chi connectivity index (χ3n) is 5.27. The summed E-state index contributed by atoms with van der Waals surface area (Å²) in [7, 11) is 0. The number of aliphatic carboxylic acids is 1. The van der Waals surface area contributed by atoms with E-state index in [9.17, 15) is 9.90 Å². The number of morpholine rings is 1. The molecular weight excluding hydrogens is 436 g/mol. The van der Waals surface area contributed by atoms with Crippen LogP contribution >= 0.6 is 23.4 Å². The quantitative estimate of drug-likeness (QED) is 0.464. The van der Waals surface area contributed by atoms with E-state index < -0.39 is 11.2 Å². The van der Waals surface area contributed by atoms with E-state index in [0.29, 0.717) is 33.5 Å². The second-order valence-corrected chi connectivity index (χ2v) is 9.06. The Kier molecular flexibility index (Phi) is 6.99. The van der Waals surface area contributed by atoms with E-state index in [0.717, 1.165) is 50.4 Å². The molecule has 1 saturated heterocycles. The third kappa shape index (κ3) is 5.14. The van der Waals surface area contributed by atoms with Gasteiger partial charge in [-0.15, -0.1) is 0 Å². The number of pyridine rings is 1. The van der Waals surface area contributed by atoms with E-state index in [4.69, 9.17) is 16.3 Å². The Bertz CT molecular complexity index is 1050. The molecule has 1 unspecified atom stereocenters. The van der Waals surface area contributed by atoms with Gasteiger partial charge in [0.15, 0.2) is 10.8 Å². The highest BCUT2D eigenvalue weighted by Crippen LogP contribution is 2.32. The van der Waals surface area contributed by atoms with Gasteiger partial charge >= 0.3 is 5.97 Å². The van der Waals surface area contributed by atoms with Gasteiger partial charge in [-0.1, -0.05) is 55.3 Å². The topological polar surface area (TPSA) is 91.3 Å². The summed E-state index contributed by atoms with van der Waals surface area (Å²) in [5.41, 5.74) is 3.94. The molecule has 3 heterocycles. The van der Waals surface area contributed by atoms with Crippen LogP contribution in [0.2, 0.25) is 5.02 Å². The van der Waals surface area contributed by atoms with Crippen LogP contribution in [0.4, 0.5) is 5.69 Å². The average Bonchev–Trinajstić information content (AvgIpc) is 3.17. The van der Waals surface area contributed by atoms with E-state index in [1.54, 1.807) is 6.07 Å². The maximum absolute atomic E-state index is 11.6. The summed E-state index contributed by atoms with van der Waals surface area (Å²) in [5.74, 6) is -0.828. The minimum absolute atomic E-state index is 0.521. The molecule has 0 aliphatic carbocycles. The first kappa shape index (κ1) is 21.9. The molecule has 1 atom stereocenters. The number of anilines is 1. The average molecular weight is 461 g/mol. The van der Waals surface area contributed by atoms with E-state index in [2.05, 4.69) is 32.0 Å². The molecule has 1 aliphatic heterocycles. The fourth-order valence-corrected chi connectivity index (χ4v) is 4.79. The number of aromatic nitrogens is 3. The zero-order valence-corrected chi connectivity index (χ0v) is 18.9. The Labute approximate surface area is 190 Å². The number of H-pyrrole nitrogens is 1. The van der Waals surface area contributed by atoms with Crippen LogP contribution in [0.25, 0.3) is 22.4 Å². The number of nitrogens with zero attached hydrogens (tertiary/aromatic N) is 3. The summed E-state index contributed by atoms with van der Waals surface area (Å²) in [5, 5.41) is 10.0. The first-order valence-corrected chi connectivity index (χ1v) is 11.7. The lowest BCUT2D eigenvalue weighted by Gasteiger charge is -2.28. The van der Waals surface area contributed by atoms with Crippen LogP contribution in [0.15, 0.2) is 35.5 Å². The zero-order valence-electron chi connectivity index (χ0n) is 17.3. The molecule has 0 amide bonds. The number of ether oxygens (including phenoxy) is 1. The van der Waals surface area contributed by atoms with Gasteiger partial charge in [-0.25, -0.2) is 9.97 Å². The Morgan fingerprint density at radius 3 is 2.71 bits per heavy atom. The van der Waals surface area contributed by atoms with Gasteiger partial charge in [0.1, 0.15) is 5.25 Å². The smallest absolute Gasteiger partial charge is 0.317 e. The fraction of sp³-hybridized carbons (Fsp3) is 0.409. The van der Waals surface area contributed by atoms with Gasteiger partial charge in [0, 0.05) is 24.3 Å². The number of imidazole rings is 1. The van der Waals surface area contributed by atoms with E-state index in [-0.39, 0.29) is 0 Å². The van der Waals surface area contributed by atoms with Gasteiger partial charge < -0.3 is 19.7 Å². The predicted octanol–water partition coefficient (Wildman–Crippen LogP) is 4.85. The lowest BCUT2D eigenvalue weighted by Crippen LogP contribution is -2.36. The number of benzene rings is 1. The number of fused-ring (bicyclic) bond motifs is 1. The Balaban J connectivity index is 1.56. The molecule has 0 spiro atoms. The number of carboxylic acid groups (broad SMARTS) is 1. The molecule has 1 aromatic carbocycles. The zero-order chi connectivity index (χ0) is 21.8. The van der Waals surface area contributed by atoms with Crippen molar-refractivity contribution in [2.45, 2.75) is 36.6 Å². The first-order chi connectivity index (χ1) is 15.0. The number of nitrogens with one attached hydrogen (secondary N) is 1. The molecule has 0 saturated carbocycles. The van der Waals surface area contributed by atoms with Gasteiger partial charge in [0.05, 0.1) is 29.4 Å². The second kappa shape index (κ2) is 9.89. The number of halogens is 1. The van der Waals surface area contributed by atoms with Crippen molar-refractivity contribution in [2.75, 3.05) is 31.2 Å². The second-order valence-electron chi connectivity index (χ2n) is 7.47. The molecular formula is C22H25ClN4O3S. The lowest BCUT2D eigenvalue weighted by molar-refractivity contribution is -0.136. The molecule has 31 heavy (non-hydrogen) atoms. The van der Waals surface area contributed by atoms with E-state index in [1.807, 2.05) is 19.1 Å². The van der Waals surface area contributed by atoms with Crippen LogP contribution in [0, 0.1) is 0 Å². The normalized spacial score (nSPS) is 15.4. The van der Waals surface area contributed by atoms with Crippen molar-refractivity contribution in [3.8, 4) is 11.3 Å². The summed E-state index contributed by atoms with van der Waals surface area (Å²) >= 11 is 7.74. The van der Waals surface area contributed by atoms with Gasteiger partial charge in [0.25, 0.3) is 0 Å². The number of hydrogen-bond acceptors (Lipinski definition) is 6. The minimum atomic E-state index is -0.828. The third-order valence-corrected chi connectivity index (χ3v) is 6.70. The first-order valence-electron chi connectivity index (χ1n) is 10.4.